The average Bonchev–Trinajstić information content (AvgIpc) is 2.01. The number of hydrogen-bond donors (Lipinski definition) is 1. The first-order chi connectivity index (χ1) is 5.00. The fraction of sp³-hybridized carbons (Fsp3) is 0.333. The zero-order valence-electron chi connectivity index (χ0n) is 6.09. The SMILES string of the molecule is C1=C\C=C/NCCC\C=C/1. The van der Waals surface area contributed by atoms with Crippen LogP contribution in [0.5, 0.6) is 0 Å². The van der Waals surface area contributed by atoms with Crippen molar-refractivity contribution < 1.29 is 0 Å². The zero-order valence-corrected chi connectivity index (χ0v) is 6.09. The largest absolute Gasteiger partial charge is 0.391 e. The van der Waals surface area contributed by atoms with Crippen LogP contribution in [0.2, 0.25) is 0 Å². The molecule has 0 aliphatic carbocycles. The van der Waals surface area contributed by atoms with Crippen LogP contribution in [-0.2, 0) is 0 Å². The lowest BCUT2D eigenvalue weighted by molar-refractivity contribution is 0.764. The van der Waals surface area contributed by atoms with E-state index in [0.717, 1.165) is 6.54 Å². The van der Waals surface area contributed by atoms with Gasteiger partial charge in [-0.1, -0.05) is 24.3 Å². The molecule has 0 aromatic heterocycles. The Labute approximate surface area is 62.1 Å². The van der Waals surface area contributed by atoms with Gasteiger partial charge in [0.15, 0.2) is 0 Å². The van der Waals surface area contributed by atoms with Gasteiger partial charge in [-0.2, -0.15) is 0 Å². The van der Waals surface area contributed by atoms with Gasteiger partial charge in [-0.3, -0.25) is 0 Å². The van der Waals surface area contributed by atoms with Crippen LogP contribution in [0.25, 0.3) is 0 Å². The Morgan fingerprint density at radius 1 is 1.00 bits per heavy atom. The van der Waals surface area contributed by atoms with E-state index < -0.39 is 0 Å². The van der Waals surface area contributed by atoms with Crippen LogP contribution < -0.4 is 5.32 Å². The third-order valence-electron chi connectivity index (χ3n) is 1.38. The van der Waals surface area contributed by atoms with E-state index in [-0.39, 0.29) is 0 Å². The van der Waals surface area contributed by atoms with Crippen LogP contribution in [-0.4, -0.2) is 6.54 Å². The maximum absolute atomic E-state index is 3.19. The van der Waals surface area contributed by atoms with Gasteiger partial charge in [0.1, 0.15) is 0 Å². The van der Waals surface area contributed by atoms with E-state index in [9.17, 15) is 0 Å². The molecule has 0 spiro atoms. The van der Waals surface area contributed by atoms with E-state index in [2.05, 4.69) is 17.5 Å². The maximum atomic E-state index is 3.19. The summed E-state index contributed by atoms with van der Waals surface area (Å²) in [6.45, 7) is 1.08. The van der Waals surface area contributed by atoms with E-state index >= 15 is 0 Å². The molecule has 0 aromatic rings. The molecule has 54 valence electrons. The van der Waals surface area contributed by atoms with Gasteiger partial charge in [0.25, 0.3) is 0 Å². The Morgan fingerprint density at radius 2 is 1.90 bits per heavy atom. The van der Waals surface area contributed by atoms with Crippen molar-refractivity contribution in [3.05, 3.63) is 36.6 Å². The summed E-state index contributed by atoms with van der Waals surface area (Å²) in [4.78, 5) is 0. The van der Waals surface area contributed by atoms with E-state index in [1.165, 1.54) is 12.8 Å². The molecule has 1 heteroatoms. The lowest BCUT2D eigenvalue weighted by Gasteiger charge is -1.97. The Morgan fingerprint density at radius 3 is 2.90 bits per heavy atom. The summed E-state index contributed by atoms with van der Waals surface area (Å²) in [7, 11) is 0. The molecule has 0 aromatic carbocycles. The van der Waals surface area contributed by atoms with Gasteiger partial charge >= 0.3 is 0 Å². The number of hydrogen-bond acceptors (Lipinski definition) is 1. The second-order valence-electron chi connectivity index (χ2n) is 2.27. The highest BCUT2D eigenvalue weighted by Crippen LogP contribution is 1.91. The number of nitrogens with one attached hydrogen (secondary N) is 1. The highest BCUT2D eigenvalue weighted by molar-refractivity contribution is 5.11. The van der Waals surface area contributed by atoms with E-state index in [1.54, 1.807) is 0 Å². The summed E-state index contributed by atoms with van der Waals surface area (Å²) < 4.78 is 0. The molecule has 0 radical (unpaired) electrons. The van der Waals surface area contributed by atoms with Crippen LogP contribution in [0, 0.1) is 0 Å². The fourth-order valence-electron chi connectivity index (χ4n) is 0.832. The van der Waals surface area contributed by atoms with E-state index in [0.29, 0.717) is 0 Å². The molecule has 1 aliphatic heterocycles. The van der Waals surface area contributed by atoms with Crippen molar-refractivity contribution in [3.63, 3.8) is 0 Å². The minimum atomic E-state index is 1.08. The predicted molar refractivity (Wildman–Crippen MR) is 44.7 cm³/mol. The summed E-state index contributed by atoms with van der Waals surface area (Å²) in [6, 6.07) is 0. The van der Waals surface area contributed by atoms with Gasteiger partial charge in [0.05, 0.1) is 0 Å². The minimum Gasteiger partial charge on any atom is -0.391 e. The lowest BCUT2D eigenvalue weighted by Crippen LogP contribution is -2.05. The Hall–Kier alpha value is -0.980. The molecule has 1 aliphatic rings. The summed E-state index contributed by atoms with van der Waals surface area (Å²) in [5, 5.41) is 3.19. The van der Waals surface area contributed by atoms with Crippen molar-refractivity contribution in [2.45, 2.75) is 12.8 Å². The molecule has 1 N–H and O–H groups in total. The van der Waals surface area contributed by atoms with Crippen molar-refractivity contribution in [1.82, 2.24) is 5.32 Å². The second-order valence-corrected chi connectivity index (χ2v) is 2.27. The zero-order chi connectivity index (χ0) is 7.07. The summed E-state index contributed by atoms with van der Waals surface area (Å²) in [5.74, 6) is 0. The van der Waals surface area contributed by atoms with Crippen molar-refractivity contribution in [3.8, 4) is 0 Å². The van der Waals surface area contributed by atoms with Crippen molar-refractivity contribution in [1.29, 1.82) is 0 Å². The van der Waals surface area contributed by atoms with Gasteiger partial charge in [-0.25, -0.2) is 0 Å². The number of rotatable bonds is 0. The Balaban J connectivity index is 2.40. The average molecular weight is 135 g/mol. The first-order valence-corrected chi connectivity index (χ1v) is 3.72. The summed E-state index contributed by atoms with van der Waals surface area (Å²) in [6.07, 6.45) is 14.7. The molecule has 0 amide bonds. The lowest BCUT2D eigenvalue weighted by atomic mass is 10.2. The highest BCUT2D eigenvalue weighted by Gasteiger charge is 1.80. The monoisotopic (exact) mass is 135 g/mol. The molecule has 0 unspecified atom stereocenters. The molecule has 10 heavy (non-hydrogen) atoms. The van der Waals surface area contributed by atoms with Crippen molar-refractivity contribution >= 4 is 0 Å². The van der Waals surface area contributed by atoms with Crippen molar-refractivity contribution in [2.75, 3.05) is 6.54 Å². The van der Waals surface area contributed by atoms with Gasteiger partial charge in [0.2, 0.25) is 0 Å². The van der Waals surface area contributed by atoms with Crippen LogP contribution >= 0.6 is 0 Å². The highest BCUT2D eigenvalue weighted by atomic mass is 14.8. The molecular weight excluding hydrogens is 122 g/mol. The van der Waals surface area contributed by atoms with Crippen LogP contribution in [0.3, 0.4) is 0 Å². The third-order valence-corrected chi connectivity index (χ3v) is 1.38. The quantitative estimate of drug-likeness (QED) is 0.535. The van der Waals surface area contributed by atoms with Gasteiger partial charge in [-0.15, -0.1) is 0 Å². The Kier molecular flexibility index (Phi) is 3.46. The first kappa shape index (κ1) is 7.13. The molecular formula is C9H13N. The summed E-state index contributed by atoms with van der Waals surface area (Å²) in [5.41, 5.74) is 0. The van der Waals surface area contributed by atoms with E-state index in [1.807, 2.05) is 24.4 Å². The normalized spacial score (nSPS) is 28.0. The molecule has 1 nitrogen and oxygen atoms in total. The topological polar surface area (TPSA) is 12.0 Å². The fourth-order valence-corrected chi connectivity index (χ4v) is 0.832. The van der Waals surface area contributed by atoms with Gasteiger partial charge < -0.3 is 5.32 Å². The van der Waals surface area contributed by atoms with E-state index in [4.69, 9.17) is 0 Å². The van der Waals surface area contributed by atoms with Crippen LogP contribution in [0.15, 0.2) is 36.6 Å². The molecule has 1 heterocycles. The minimum absolute atomic E-state index is 1.08. The standard InChI is InChI=1S/C9H13N/c1-2-4-6-8-10-9-7-5-3-1/h1-4,6,8,10H,5,7,9H2/b3-1-,4-2-,8-6-. The van der Waals surface area contributed by atoms with Crippen molar-refractivity contribution in [2.24, 2.45) is 0 Å². The molecule has 0 fully saturated rings. The first-order valence-electron chi connectivity index (χ1n) is 3.72. The summed E-state index contributed by atoms with van der Waals surface area (Å²) >= 11 is 0. The van der Waals surface area contributed by atoms with Crippen LogP contribution in [0.4, 0.5) is 0 Å². The maximum Gasteiger partial charge on any atom is 0.0144 e. The predicted octanol–water partition coefficient (Wildman–Crippen LogP) is 2.00. The molecule has 1 rings (SSSR count). The molecule has 0 atom stereocenters. The third kappa shape index (κ3) is 3.13. The van der Waals surface area contributed by atoms with Gasteiger partial charge in [0, 0.05) is 6.54 Å². The molecule has 0 saturated heterocycles. The molecule has 0 bridgehead atoms. The molecule has 0 saturated carbocycles. The second kappa shape index (κ2) is 4.86. The number of allylic oxidation sites excluding steroid dienone is 5. The Bertz CT molecular complexity index is 136. The van der Waals surface area contributed by atoms with Crippen LogP contribution in [0.1, 0.15) is 12.8 Å². The smallest absolute Gasteiger partial charge is 0.0144 e. The van der Waals surface area contributed by atoms with Gasteiger partial charge in [-0.05, 0) is 25.1 Å².